The van der Waals surface area contributed by atoms with Crippen molar-refractivity contribution in [3.8, 4) is 0 Å². The van der Waals surface area contributed by atoms with Crippen molar-refractivity contribution in [3.05, 3.63) is 0 Å². The largest absolute Gasteiger partial charge is 0.382 e. The minimum Gasteiger partial charge on any atom is -0.382 e. The molecule has 0 aromatic rings. The number of hydrogen-bond acceptors (Lipinski definition) is 2. The Morgan fingerprint density at radius 2 is 2.33 bits per heavy atom. The van der Waals surface area contributed by atoms with E-state index in [1.165, 1.54) is 18.6 Å². The monoisotopic (exact) mass is 208 g/mol. The lowest BCUT2D eigenvalue weighted by Gasteiger charge is -2.11. The van der Waals surface area contributed by atoms with Crippen molar-refractivity contribution in [1.82, 2.24) is 0 Å². The van der Waals surface area contributed by atoms with Crippen LogP contribution in [0.2, 0.25) is 0 Å². The standard InChI is InChI=1S/C9H17ClOS/c1-2-11-5-3-4-8-6-12-7-9(8)10/h8-9H,2-7H2,1H3. The van der Waals surface area contributed by atoms with Crippen LogP contribution in [0.5, 0.6) is 0 Å². The topological polar surface area (TPSA) is 9.23 Å². The second kappa shape index (κ2) is 6.11. The number of ether oxygens (including phenoxy) is 1. The van der Waals surface area contributed by atoms with Crippen LogP contribution in [0.1, 0.15) is 19.8 Å². The summed E-state index contributed by atoms with van der Waals surface area (Å²) in [6.45, 7) is 3.78. The smallest absolute Gasteiger partial charge is 0.0466 e. The summed E-state index contributed by atoms with van der Waals surface area (Å²) in [5.41, 5.74) is 0. The van der Waals surface area contributed by atoms with Crippen molar-refractivity contribution in [2.24, 2.45) is 5.92 Å². The first-order valence-corrected chi connectivity index (χ1v) is 6.23. The fourth-order valence-corrected chi connectivity index (χ4v) is 3.35. The Morgan fingerprint density at radius 1 is 1.50 bits per heavy atom. The van der Waals surface area contributed by atoms with Crippen molar-refractivity contribution in [2.75, 3.05) is 24.7 Å². The summed E-state index contributed by atoms with van der Waals surface area (Å²) in [6, 6.07) is 0. The zero-order chi connectivity index (χ0) is 8.81. The molecule has 3 heteroatoms. The number of rotatable bonds is 5. The summed E-state index contributed by atoms with van der Waals surface area (Å²) in [5.74, 6) is 3.12. The number of alkyl halides is 1. The SMILES string of the molecule is CCOCCCC1CSCC1Cl. The molecule has 0 amide bonds. The zero-order valence-corrected chi connectivity index (χ0v) is 9.16. The van der Waals surface area contributed by atoms with Crippen molar-refractivity contribution in [3.63, 3.8) is 0 Å². The molecular weight excluding hydrogens is 192 g/mol. The Bertz CT molecular complexity index is 121. The molecule has 1 nitrogen and oxygen atoms in total. The highest BCUT2D eigenvalue weighted by Crippen LogP contribution is 2.31. The first-order valence-electron chi connectivity index (χ1n) is 4.64. The van der Waals surface area contributed by atoms with E-state index < -0.39 is 0 Å². The van der Waals surface area contributed by atoms with Gasteiger partial charge in [-0.05, 0) is 31.4 Å². The van der Waals surface area contributed by atoms with E-state index in [1.807, 2.05) is 18.7 Å². The van der Waals surface area contributed by atoms with Gasteiger partial charge in [-0.25, -0.2) is 0 Å². The van der Waals surface area contributed by atoms with Gasteiger partial charge in [0.1, 0.15) is 0 Å². The molecule has 0 aromatic heterocycles. The summed E-state index contributed by atoms with van der Waals surface area (Å²) >= 11 is 8.11. The molecule has 1 aliphatic rings. The van der Waals surface area contributed by atoms with E-state index in [9.17, 15) is 0 Å². The molecule has 72 valence electrons. The van der Waals surface area contributed by atoms with Crippen LogP contribution in [0.3, 0.4) is 0 Å². The highest BCUT2D eigenvalue weighted by Gasteiger charge is 2.24. The quantitative estimate of drug-likeness (QED) is 0.508. The second-order valence-corrected chi connectivity index (χ2v) is 4.79. The van der Waals surface area contributed by atoms with Crippen molar-refractivity contribution in [2.45, 2.75) is 25.1 Å². The molecule has 0 bridgehead atoms. The molecule has 0 aromatic carbocycles. The van der Waals surface area contributed by atoms with Crippen molar-refractivity contribution in [1.29, 1.82) is 0 Å². The zero-order valence-electron chi connectivity index (χ0n) is 7.59. The third kappa shape index (κ3) is 3.55. The molecule has 2 unspecified atom stereocenters. The molecule has 12 heavy (non-hydrogen) atoms. The fourth-order valence-electron chi connectivity index (χ4n) is 1.43. The van der Waals surface area contributed by atoms with E-state index in [4.69, 9.17) is 16.3 Å². The van der Waals surface area contributed by atoms with Crippen molar-refractivity contribution < 1.29 is 4.74 Å². The maximum Gasteiger partial charge on any atom is 0.0466 e. The molecule has 1 fully saturated rings. The summed E-state index contributed by atoms with van der Waals surface area (Å²) in [6.07, 6.45) is 2.41. The van der Waals surface area contributed by atoms with Crippen LogP contribution in [-0.4, -0.2) is 30.1 Å². The normalized spacial score (nSPS) is 29.5. The molecule has 0 N–H and O–H groups in total. The van der Waals surface area contributed by atoms with Crippen LogP contribution in [0, 0.1) is 5.92 Å². The third-order valence-corrected chi connectivity index (χ3v) is 4.14. The van der Waals surface area contributed by atoms with Gasteiger partial charge in [0.15, 0.2) is 0 Å². The average molecular weight is 209 g/mol. The van der Waals surface area contributed by atoms with Gasteiger partial charge in [-0.1, -0.05) is 0 Å². The third-order valence-electron chi connectivity index (χ3n) is 2.19. The molecule has 1 saturated heterocycles. The molecule has 0 aliphatic carbocycles. The van der Waals surface area contributed by atoms with Crippen LogP contribution in [0.15, 0.2) is 0 Å². The Morgan fingerprint density at radius 3 is 2.92 bits per heavy atom. The lowest BCUT2D eigenvalue weighted by molar-refractivity contribution is 0.140. The predicted molar refractivity (Wildman–Crippen MR) is 56.2 cm³/mol. The van der Waals surface area contributed by atoms with Crippen LogP contribution in [-0.2, 0) is 4.74 Å². The van der Waals surface area contributed by atoms with Gasteiger partial charge in [-0.15, -0.1) is 11.6 Å². The maximum atomic E-state index is 6.13. The number of thioether (sulfide) groups is 1. The van der Waals surface area contributed by atoms with E-state index in [0.717, 1.165) is 24.9 Å². The first kappa shape index (κ1) is 10.7. The molecule has 1 heterocycles. The van der Waals surface area contributed by atoms with E-state index >= 15 is 0 Å². The Labute approximate surface area is 84.2 Å². The minimum atomic E-state index is 0.414. The van der Waals surface area contributed by atoms with E-state index in [2.05, 4.69) is 0 Å². The summed E-state index contributed by atoms with van der Waals surface area (Å²) in [7, 11) is 0. The van der Waals surface area contributed by atoms with Gasteiger partial charge in [0, 0.05) is 24.3 Å². The van der Waals surface area contributed by atoms with Gasteiger partial charge < -0.3 is 4.74 Å². The first-order chi connectivity index (χ1) is 5.84. The predicted octanol–water partition coefficient (Wildman–Crippen LogP) is 2.77. The van der Waals surface area contributed by atoms with Gasteiger partial charge in [-0.3, -0.25) is 0 Å². The molecule has 2 atom stereocenters. The lowest BCUT2D eigenvalue weighted by Crippen LogP contribution is -2.12. The Hall–Kier alpha value is 0.600. The van der Waals surface area contributed by atoms with Gasteiger partial charge in [0.05, 0.1) is 0 Å². The molecule has 0 spiro atoms. The summed E-state index contributed by atoms with van der Waals surface area (Å²) < 4.78 is 5.28. The van der Waals surface area contributed by atoms with Crippen molar-refractivity contribution >= 4 is 23.4 Å². The van der Waals surface area contributed by atoms with Gasteiger partial charge >= 0.3 is 0 Å². The van der Waals surface area contributed by atoms with E-state index in [-0.39, 0.29) is 0 Å². The van der Waals surface area contributed by atoms with Crippen LogP contribution in [0.25, 0.3) is 0 Å². The highest BCUT2D eigenvalue weighted by molar-refractivity contribution is 7.99. The molecule has 1 aliphatic heterocycles. The molecule has 0 saturated carbocycles. The van der Waals surface area contributed by atoms with Gasteiger partial charge in [0.25, 0.3) is 0 Å². The van der Waals surface area contributed by atoms with E-state index in [1.54, 1.807) is 0 Å². The van der Waals surface area contributed by atoms with Gasteiger partial charge in [-0.2, -0.15) is 11.8 Å². The fraction of sp³-hybridized carbons (Fsp3) is 1.00. The average Bonchev–Trinajstić information content (AvgIpc) is 2.46. The van der Waals surface area contributed by atoms with Crippen LogP contribution in [0.4, 0.5) is 0 Å². The molecule has 1 rings (SSSR count). The number of hydrogen-bond donors (Lipinski definition) is 0. The minimum absolute atomic E-state index is 0.414. The van der Waals surface area contributed by atoms with E-state index in [0.29, 0.717) is 5.38 Å². The van der Waals surface area contributed by atoms with Crippen LogP contribution >= 0.6 is 23.4 Å². The maximum absolute atomic E-state index is 6.13. The lowest BCUT2D eigenvalue weighted by atomic mass is 10.0. The van der Waals surface area contributed by atoms with Crippen LogP contribution < -0.4 is 0 Å². The summed E-state index contributed by atoms with van der Waals surface area (Å²) in [4.78, 5) is 0. The molecule has 0 radical (unpaired) electrons. The van der Waals surface area contributed by atoms with Gasteiger partial charge in [0.2, 0.25) is 0 Å². The summed E-state index contributed by atoms with van der Waals surface area (Å²) in [5, 5.41) is 0.414. The molecular formula is C9H17ClOS. The number of halogens is 1. The Kier molecular flexibility index (Phi) is 5.44. The Balaban J connectivity index is 1.98. The highest BCUT2D eigenvalue weighted by atomic mass is 35.5. The second-order valence-electron chi connectivity index (χ2n) is 3.15.